The summed E-state index contributed by atoms with van der Waals surface area (Å²) in [7, 11) is 0. The number of anilines is 1. The molecule has 2 aliphatic rings. The lowest BCUT2D eigenvalue weighted by atomic mass is 10.0. The van der Waals surface area contributed by atoms with E-state index in [4.69, 9.17) is 11.6 Å². The Morgan fingerprint density at radius 2 is 2.06 bits per heavy atom. The highest BCUT2D eigenvalue weighted by Gasteiger charge is 2.26. The number of carbonyl (C=O) groups is 1. The zero-order valence-corrected chi connectivity index (χ0v) is 19.4. The number of aryl methyl sites for hydroxylation is 1. The molecule has 3 heterocycles. The van der Waals surface area contributed by atoms with Gasteiger partial charge >= 0.3 is 0 Å². The molecule has 1 aliphatic carbocycles. The van der Waals surface area contributed by atoms with Crippen molar-refractivity contribution in [3.8, 4) is 16.9 Å². The number of amides is 1. The smallest absolute Gasteiger partial charge is 0.254 e. The second-order valence-electron chi connectivity index (χ2n) is 8.85. The van der Waals surface area contributed by atoms with Crippen LogP contribution in [0.4, 0.5) is 14.5 Å². The number of benzene rings is 1. The summed E-state index contributed by atoms with van der Waals surface area (Å²) in [6.45, 7) is 2.83. The van der Waals surface area contributed by atoms with Crippen LogP contribution >= 0.6 is 11.6 Å². The molecule has 2 fully saturated rings. The van der Waals surface area contributed by atoms with E-state index in [9.17, 15) is 13.6 Å². The van der Waals surface area contributed by atoms with Gasteiger partial charge in [0.15, 0.2) is 0 Å². The van der Waals surface area contributed by atoms with Crippen LogP contribution in [0.3, 0.4) is 0 Å². The predicted octanol–water partition coefficient (Wildman–Crippen LogP) is 4.04. The van der Waals surface area contributed by atoms with Crippen LogP contribution in [0.5, 0.6) is 0 Å². The minimum absolute atomic E-state index is 0.00334. The predicted molar refractivity (Wildman–Crippen MR) is 127 cm³/mol. The summed E-state index contributed by atoms with van der Waals surface area (Å²) in [6, 6.07) is 4.50. The summed E-state index contributed by atoms with van der Waals surface area (Å²) in [5.74, 6) is -0.980. The summed E-state index contributed by atoms with van der Waals surface area (Å²) >= 11 is 6.36. The maximum absolute atomic E-state index is 14.5. The van der Waals surface area contributed by atoms with Crippen molar-refractivity contribution in [2.24, 2.45) is 0 Å². The van der Waals surface area contributed by atoms with Gasteiger partial charge in [0, 0.05) is 24.3 Å². The molecule has 1 aromatic carbocycles. The molecule has 10 heteroatoms. The lowest BCUT2D eigenvalue weighted by Crippen LogP contribution is -2.45. The molecular formula is C24H25ClF2N6O. The van der Waals surface area contributed by atoms with Crippen LogP contribution in [0.15, 0.2) is 36.9 Å². The number of halogens is 3. The topological polar surface area (TPSA) is 83.9 Å². The van der Waals surface area contributed by atoms with Crippen LogP contribution in [-0.2, 0) is 0 Å². The van der Waals surface area contributed by atoms with Gasteiger partial charge in [0.25, 0.3) is 5.91 Å². The van der Waals surface area contributed by atoms with Gasteiger partial charge in [-0.25, -0.2) is 18.7 Å². The number of imidazole rings is 1. The van der Waals surface area contributed by atoms with E-state index in [-0.39, 0.29) is 22.8 Å². The number of rotatable bonds is 6. The fraction of sp³-hybridized carbons (Fsp3) is 0.375. The van der Waals surface area contributed by atoms with Crippen molar-refractivity contribution in [1.29, 1.82) is 0 Å². The molecule has 7 nitrogen and oxygen atoms in total. The van der Waals surface area contributed by atoms with Crippen molar-refractivity contribution in [2.45, 2.75) is 44.4 Å². The van der Waals surface area contributed by atoms with Gasteiger partial charge in [0.05, 0.1) is 41.2 Å². The molecule has 1 saturated carbocycles. The molecule has 0 unspecified atom stereocenters. The molecule has 34 heavy (non-hydrogen) atoms. The number of pyridine rings is 1. The van der Waals surface area contributed by atoms with E-state index < -0.39 is 17.9 Å². The van der Waals surface area contributed by atoms with Crippen LogP contribution in [-0.4, -0.2) is 51.8 Å². The van der Waals surface area contributed by atoms with E-state index in [0.29, 0.717) is 41.2 Å². The van der Waals surface area contributed by atoms with E-state index in [2.05, 4.69) is 25.9 Å². The van der Waals surface area contributed by atoms with Crippen molar-refractivity contribution in [1.82, 2.24) is 25.2 Å². The number of hydrogen-bond donors (Lipinski definition) is 3. The maximum atomic E-state index is 14.5. The Hall–Kier alpha value is -3.04. The number of piperidine rings is 1. The third-order valence-electron chi connectivity index (χ3n) is 6.18. The second kappa shape index (κ2) is 9.31. The van der Waals surface area contributed by atoms with Crippen molar-refractivity contribution in [3.05, 3.63) is 59.0 Å². The van der Waals surface area contributed by atoms with Crippen molar-refractivity contribution in [3.63, 3.8) is 0 Å². The fourth-order valence-corrected chi connectivity index (χ4v) is 4.30. The highest BCUT2D eigenvalue weighted by atomic mass is 35.5. The molecule has 3 N–H and O–H groups in total. The summed E-state index contributed by atoms with van der Waals surface area (Å²) in [4.78, 5) is 21.2. The van der Waals surface area contributed by atoms with Crippen LogP contribution in [0, 0.1) is 12.7 Å². The average Bonchev–Trinajstić information content (AvgIpc) is 3.49. The quantitative estimate of drug-likeness (QED) is 0.458. The molecule has 1 amide bonds. The number of carbonyl (C=O) groups excluding carboxylic acids is 1. The molecule has 2 atom stereocenters. The van der Waals surface area contributed by atoms with E-state index in [1.807, 2.05) is 0 Å². The van der Waals surface area contributed by atoms with E-state index in [1.54, 1.807) is 36.3 Å². The zero-order valence-electron chi connectivity index (χ0n) is 18.6. The first-order valence-electron chi connectivity index (χ1n) is 11.3. The summed E-state index contributed by atoms with van der Waals surface area (Å²) in [5.41, 5.74) is 3.08. The number of nitrogens with one attached hydrogen (secondary N) is 3. The number of hydrogen-bond acceptors (Lipinski definition) is 5. The molecule has 0 spiro atoms. The molecule has 0 radical (unpaired) electrons. The standard InChI is InChI=1S/C24H25ClF2N6O/c1-13-6-18(26)16(24(34)32-14-2-3-14)8-22(13)33-11-21(30-12-33)17-7-15(9-29-23(17)25)31-20-4-5-28-10-19(20)27/h6-9,11-12,14,19-20,28,31H,2-5,10H2,1H3,(H,32,34)/t19-,20+/m1/s1. The molecule has 1 saturated heterocycles. The Bertz CT molecular complexity index is 1230. The third kappa shape index (κ3) is 4.76. The summed E-state index contributed by atoms with van der Waals surface area (Å²) < 4.78 is 30.4. The molecular weight excluding hydrogens is 462 g/mol. The van der Waals surface area contributed by atoms with Crippen molar-refractivity contribution in [2.75, 3.05) is 18.4 Å². The molecule has 178 valence electrons. The Morgan fingerprint density at radius 3 is 2.82 bits per heavy atom. The van der Waals surface area contributed by atoms with Crippen molar-refractivity contribution < 1.29 is 13.6 Å². The van der Waals surface area contributed by atoms with Gasteiger partial charge in [0.1, 0.15) is 17.1 Å². The molecule has 0 bridgehead atoms. The zero-order chi connectivity index (χ0) is 23.8. The second-order valence-corrected chi connectivity index (χ2v) is 9.21. The first-order valence-corrected chi connectivity index (χ1v) is 11.7. The normalized spacial score (nSPS) is 20.2. The van der Waals surface area contributed by atoms with Crippen LogP contribution < -0.4 is 16.0 Å². The van der Waals surface area contributed by atoms with Gasteiger partial charge in [-0.15, -0.1) is 0 Å². The largest absolute Gasteiger partial charge is 0.378 e. The van der Waals surface area contributed by atoms with Crippen LogP contribution in [0.2, 0.25) is 5.15 Å². The highest BCUT2D eigenvalue weighted by molar-refractivity contribution is 6.32. The van der Waals surface area contributed by atoms with Gasteiger partial charge < -0.3 is 20.5 Å². The molecule has 3 aromatic rings. The van der Waals surface area contributed by atoms with E-state index >= 15 is 0 Å². The number of alkyl halides is 1. The van der Waals surface area contributed by atoms with Gasteiger partial charge in [-0.05, 0) is 56.5 Å². The average molecular weight is 487 g/mol. The Balaban J connectivity index is 1.42. The maximum Gasteiger partial charge on any atom is 0.254 e. The SMILES string of the molecule is Cc1cc(F)c(C(=O)NC2CC2)cc1-n1cnc(-c2cc(N[C@H]3CCNC[C@H]3F)cnc2Cl)c1. The molecule has 5 rings (SSSR count). The van der Waals surface area contributed by atoms with Gasteiger partial charge in [-0.2, -0.15) is 0 Å². The minimum atomic E-state index is -1.00. The van der Waals surface area contributed by atoms with Crippen molar-refractivity contribution >= 4 is 23.2 Å². The monoisotopic (exact) mass is 486 g/mol. The lowest BCUT2D eigenvalue weighted by Gasteiger charge is -2.28. The minimum Gasteiger partial charge on any atom is -0.378 e. The molecule has 1 aliphatic heterocycles. The highest BCUT2D eigenvalue weighted by Crippen LogP contribution is 2.30. The Morgan fingerprint density at radius 1 is 1.24 bits per heavy atom. The first kappa shape index (κ1) is 22.7. The number of aromatic nitrogens is 3. The Labute approximate surface area is 200 Å². The summed E-state index contributed by atoms with van der Waals surface area (Å²) in [5, 5.41) is 9.32. The van der Waals surface area contributed by atoms with Gasteiger partial charge in [0.2, 0.25) is 0 Å². The van der Waals surface area contributed by atoms with Gasteiger partial charge in [-0.1, -0.05) is 11.6 Å². The lowest BCUT2D eigenvalue weighted by molar-refractivity contribution is 0.0947. The Kier molecular flexibility index (Phi) is 6.22. The van der Waals surface area contributed by atoms with Gasteiger partial charge in [-0.3, -0.25) is 4.79 Å². The summed E-state index contributed by atoms with van der Waals surface area (Å²) in [6.07, 6.45) is 6.41. The fourth-order valence-electron chi connectivity index (χ4n) is 4.10. The molecule has 2 aromatic heterocycles. The van der Waals surface area contributed by atoms with E-state index in [0.717, 1.165) is 19.4 Å². The van der Waals surface area contributed by atoms with Crippen LogP contribution in [0.25, 0.3) is 16.9 Å². The first-order chi connectivity index (χ1) is 16.4. The van der Waals surface area contributed by atoms with E-state index in [1.165, 1.54) is 12.1 Å². The third-order valence-corrected chi connectivity index (χ3v) is 6.48. The number of nitrogens with zero attached hydrogens (tertiary/aromatic N) is 3. The van der Waals surface area contributed by atoms with Crippen LogP contribution in [0.1, 0.15) is 35.2 Å².